The van der Waals surface area contributed by atoms with Crippen molar-refractivity contribution in [2.75, 3.05) is 24.7 Å². The lowest BCUT2D eigenvalue weighted by Gasteiger charge is -2.13. The van der Waals surface area contributed by atoms with Crippen LogP contribution in [0, 0.1) is 0 Å². The fraction of sp³-hybridized carbons (Fsp3) is 0.214. The van der Waals surface area contributed by atoms with Crippen LogP contribution in [-0.2, 0) is 6.54 Å². The van der Waals surface area contributed by atoms with Crippen molar-refractivity contribution in [3.63, 3.8) is 0 Å². The van der Waals surface area contributed by atoms with E-state index in [-0.39, 0.29) is 17.4 Å². The van der Waals surface area contributed by atoms with Crippen molar-refractivity contribution in [3.05, 3.63) is 47.9 Å². The van der Waals surface area contributed by atoms with Gasteiger partial charge in [0.25, 0.3) is 5.91 Å². The van der Waals surface area contributed by atoms with E-state index in [1.54, 1.807) is 0 Å². The number of hydrogen-bond acceptors (Lipinski definition) is 5. The van der Waals surface area contributed by atoms with Crippen LogP contribution in [0.2, 0.25) is 0 Å². The zero-order valence-corrected chi connectivity index (χ0v) is 11.5. The molecular weight excluding hydrogens is 254 g/mol. The van der Waals surface area contributed by atoms with Gasteiger partial charge in [0.15, 0.2) is 11.5 Å². The maximum Gasteiger partial charge on any atom is 0.273 e. The minimum atomic E-state index is -0.327. The molecule has 1 heterocycles. The molecular formula is C14H17N5O. The third-order valence-corrected chi connectivity index (χ3v) is 2.85. The van der Waals surface area contributed by atoms with Crippen molar-refractivity contribution in [1.29, 1.82) is 0 Å². The van der Waals surface area contributed by atoms with Crippen LogP contribution in [0.1, 0.15) is 16.1 Å². The molecule has 0 atom stereocenters. The van der Waals surface area contributed by atoms with E-state index in [0.717, 1.165) is 11.3 Å². The Morgan fingerprint density at radius 3 is 2.45 bits per heavy atom. The second kappa shape index (κ2) is 6.01. The molecule has 2 rings (SSSR count). The average Bonchev–Trinajstić information content (AvgIpc) is 2.45. The monoisotopic (exact) mass is 271 g/mol. The first kappa shape index (κ1) is 13.8. The van der Waals surface area contributed by atoms with Gasteiger partial charge in [-0.05, 0) is 17.7 Å². The minimum Gasteiger partial charge on any atom is -0.382 e. The summed E-state index contributed by atoms with van der Waals surface area (Å²) in [6.45, 7) is 0.419. The molecule has 104 valence electrons. The van der Waals surface area contributed by atoms with Crippen LogP contribution >= 0.6 is 0 Å². The van der Waals surface area contributed by atoms with Crippen molar-refractivity contribution in [2.45, 2.75) is 6.54 Å². The number of nitrogens with one attached hydrogen (secondary N) is 1. The number of anilines is 2. The van der Waals surface area contributed by atoms with Crippen molar-refractivity contribution in [2.24, 2.45) is 0 Å². The molecule has 6 heteroatoms. The average molecular weight is 271 g/mol. The highest BCUT2D eigenvalue weighted by Gasteiger charge is 2.11. The van der Waals surface area contributed by atoms with Gasteiger partial charge in [-0.3, -0.25) is 4.79 Å². The van der Waals surface area contributed by atoms with Crippen LogP contribution in [0.5, 0.6) is 0 Å². The summed E-state index contributed by atoms with van der Waals surface area (Å²) in [6.07, 6.45) is 2.89. The summed E-state index contributed by atoms with van der Waals surface area (Å²) in [5.74, 6) is -0.194. The highest BCUT2D eigenvalue weighted by Crippen LogP contribution is 2.12. The van der Waals surface area contributed by atoms with Gasteiger partial charge in [0.2, 0.25) is 0 Å². The molecule has 0 saturated carbocycles. The van der Waals surface area contributed by atoms with Crippen LogP contribution in [0.15, 0.2) is 36.7 Å². The summed E-state index contributed by atoms with van der Waals surface area (Å²) in [5, 5.41) is 2.77. The zero-order chi connectivity index (χ0) is 14.5. The molecule has 0 bridgehead atoms. The van der Waals surface area contributed by atoms with Crippen LogP contribution in [0.3, 0.4) is 0 Å². The lowest BCUT2D eigenvalue weighted by molar-refractivity contribution is 0.0946. The van der Waals surface area contributed by atoms with Gasteiger partial charge >= 0.3 is 0 Å². The van der Waals surface area contributed by atoms with Crippen LogP contribution < -0.4 is 16.0 Å². The Kier molecular flexibility index (Phi) is 4.14. The molecule has 0 aliphatic rings. The Labute approximate surface area is 117 Å². The van der Waals surface area contributed by atoms with E-state index < -0.39 is 0 Å². The van der Waals surface area contributed by atoms with Gasteiger partial charge < -0.3 is 16.0 Å². The standard InChI is InChI=1S/C14H17N5O/c1-19(2)11-5-3-10(4-6-11)9-18-14(20)12-13(15)17-8-7-16-12/h3-8H,9H2,1-2H3,(H2,15,17)(H,18,20). The molecule has 0 aliphatic heterocycles. The lowest BCUT2D eigenvalue weighted by atomic mass is 10.2. The third kappa shape index (κ3) is 3.23. The van der Waals surface area contributed by atoms with Crippen molar-refractivity contribution in [1.82, 2.24) is 15.3 Å². The maximum atomic E-state index is 11.9. The van der Waals surface area contributed by atoms with Gasteiger partial charge in [-0.15, -0.1) is 0 Å². The highest BCUT2D eigenvalue weighted by atomic mass is 16.1. The second-order valence-electron chi connectivity index (χ2n) is 4.53. The summed E-state index contributed by atoms with van der Waals surface area (Å²) >= 11 is 0. The maximum absolute atomic E-state index is 11.9. The fourth-order valence-electron chi connectivity index (χ4n) is 1.70. The van der Waals surface area contributed by atoms with E-state index in [4.69, 9.17) is 5.73 Å². The van der Waals surface area contributed by atoms with Crippen molar-refractivity contribution < 1.29 is 4.79 Å². The van der Waals surface area contributed by atoms with E-state index in [1.807, 2.05) is 43.3 Å². The van der Waals surface area contributed by atoms with Crippen molar-refractivity contribution >= 4 is 17.4 Å². The number of carbonyl (C=O) groups excluding carboxylic acids is 1. The summed E-state index contributed by atoms with van der Waals surface area (Å²) in [7, 11) is 3.96. The summed E-state index contributed by atoms with van der Waals surface area (Å²) in [5.41, 5.74) is 7.87. The summed E-state index contributed by atoms with van der Waals surface area (Å²) < 4.78 is 0. The third-order valence-electron chi connectivity index (χ3n) is 2.85. The molecule has 1 aromatic carbocycles. The number of nitrogen functional groups attached to an aromatic ring is 1. The molecule has 0 unspecified atom stereocenters. The Morgan fingerprint density at radius 1 is 1.20 bits per heavy atom. The minimum absolute atomic E-state index is 0.132. The topological polar surface area (TPSA) is 84.1 Å². The number of nitrogens with zero attached hydrogens (tertiary/aromatic N) is 3. The number of nitrogens with two attached hydrogens (primary N) is 1. The molecule has 1 aromatic heterocycles. The van der Waals surface area contributed by atoms with Gasteiger partial charge in [-0.25, -0.2) is 9.97 Å². The molecule has 0 aliphatic carbocycles. The van der Waals surface area contributed by atoms with E-state index >= 15 is 0 Å². The lowest BCUT2D eigenvalue weighted by Crippen LogP contribution is -2.25. The number of hydrogen-bond donors (Lipinski definition) is 2. The van der Waals surface area contributed by atoms with Gasteiger partial charge in [0.1, 0.15) is 0 Å². The smallest absolute Gasteiger partial charge is 0.273 e. The summed E-state index contributed by atoms with van der Waals surface area (Å²) in [6, 6.07) is 7.93. The largest absolute Gasteiger partial charge is 0.382 e. The van der Waals surface area contributed by atoms with Gasteiger partial charge in [0.05, 0.1) is 0 Å². The predicted octanol–water partition coefficient (Wildman–Crippen LogP) is 1.05. The molecule has 20 heavy (non-hydrogen) atoms. The SMILES string of the molecule is CN(C)c1ccc(CNC(=O)c2nccnc2N)cc1. The highest BCUT2D eigenvalue weighted by molar-refractivity contribution is 5.96. The number of amides is 1. The van der Waals surface area contributed by atoms with Crippen molar-refractivity contribution in [3.8, 4) is 0 Å². The number of carbonyl (C=O) groups is 1. The molecule has 0 fully saturated rings. The summed E-state index contributed by atoms with van der Waals surface area (Å²) in [4.78, 5) is 21.7. The number of rotatable bonds is 4. The number of benzene rings is 1. The van der Waals surface area contributed by atoms with Crippen LogP contribution in [-0.4, -0.2) is 30.0 Å². The van der Waals surface area contributed by atoms with Gasteiger partial charge in [0, 0.05) is 38.7 Å². The van der Waals surface area contributed by atoms with E-state index in [2.05, 4.69) is 15.3 Å². The van der Waals surface area contributed by atoms with Crippen LogP contribution in [0.25, 0.3) is 0 Å². The van der Waals surface area contributed by atoms with Gasteiger partial charge in [-0.2, -0.15) is 0 Å². The first-order chi connectivity index (χ1) is 9.58. The van der Waals surface area contributed by atoms with E-state index in [0.29, 0.717) is 6.54 Å². The molecule has 0 radical (unpaired) electrons. The molecule has 1 amide bonds. The molecule has 2 aromatic rings. The van der Waals surface area contributed by atoms with E-state index in [9.17, 15) is 4.79 Å². The normalized spacial score (nSPS) is 10.1. The van der Waals surface area contributed by atoms with Gasteiger partial charge in [-0.1, -0.05) is 12.1 Å². The Balaban J connectivity index is 1.98. The quantitative estimate of drug-likeness (QED) is 0.868. The first-order valence-corrected chi connectivity index (χ1v) is 6.19. The fourth-order valence-corrected chi connectivity index (χ4v) is 1.70. The van der Waals surface area contributed by atoms with E-state index in [1.165, 1.54) is 12.4 Å². The molecule has 3 N–H and O–H groups in total. The molecule has 0 spiro atoms. The number of aromatic nitrogens is 2. The Hall–Kier alpha value is -2.63. The first-order valence-electron chi connectivity index (χ1n) is 6.19. The zero-order valence-electron chi connectivity index (χ0n) is 11.5. The van der Waals surface area contributed by atoms with Crippen LogP contribution in [0.4, 0.5) is 11.5 Å². The predicted molar refractivity (Wildman–Crippen MR) is 78.4 cm³/mol. The Bertz CT molecular complexity index is 595. The molecule has 6 nitrogen and oxygen atoms in total. The molecule has 0 saturated heterocycles. The second-order valence-corrected chi connectivity index (χ2v) is 4.53. The Morgan fingerprint density at radius 2 is 1.85 bits per heavy atom.